The summed E-state index contributed by atoms with van der Waals surface area (Å²) in [4.78, 5) is 4.68. The Morgan fingerprint density at radius 2 is 2.23 bits per heavy atom. The summed E-state index contributed by atoms with van der Waals surface area (Å²) in [7, 11) is 1.53. The van der Waals surface area contributed by atoms with Gasteiger partial charge < -0.3 is 4.84 Å². The lowest BCUT2D eigenvalue weighted by molar-refractivity contribution is 0.0866. The van der Waals surface area contributed by atoms with E-state index in [1.807, 2.05) is 6.92 Å². The molecule has 72 valence electrons. The summed E-state index contributed by atoms with van der Waals surface area (Å²) in [6.45, 7) is 2.34. The van der Waals surface area contributed by atoms with Gasteiger partial charge in [0.05, 0.1) is 12.1 Å². The summed E-state index contributed by atoms with van der Waals surface area (Å²) in [5.41, 5.74) is 4.45. The first kappa shape index (κ1) is 10.4. The van der Waals surface area contributed by atoms with Gasteiger partial charge in [0.1, 0.15) is 5.82 Å². The van der Waals surface area contributed by atoms with Crippen molar-refractivity contribution < 1.29 is 9.23 Å². The normalized spacial score (nSPS) is 10.5. The number of halogens is 2. The van der Waals surface area contributed by atoms with Gasteiger partial charge in [0, 0.05) is 6.54 Å². The molecule has 1 aromatic rings. The molecule has 0 saturated heterocycles. The maximum absolute atomic E-state index is 12.9. The molecule has 1 N–H and O–H groups in total. The summed E-state index contributed by atoms with van der Waals surface area (Å²) in [6, 6.07) is 3.01. The Morgan fingerprint density at radius 3 is 2.85 bits per heavy atom. The van der Waals surface area contributed by atoms with E-state index in [4.69, 9.17) is 11.6 Å². The van der Waals surface area contributed by atoms with Crippen molar-refractivity contribution in [3.63, 3.8) is 0 Å². The van der Waals surface area contributed by atoms with Crippen molar-refractivity contribution >= 4 is 11.6 Å². The SMILES string of the molecule is CONCc1cc(Cl)c(F)cc1C. The highest BCUT2D eigenvalue weighted by atomic mass is 35.5. The van der Waals surface area contributed by atoms with Crippen molar-refractivity contribution in [3.8, 4) is 0 Å². The molecule has 1 aromatic carbocycles. The zero-order chi connectivity index (χ0) is 9.84. The fourth-order valence-electron chi connectivity index (χ4n) is 1.03. The van der Waals surface area contributed by atoms with E-state index >= 15 is 0 Å². The molecule has 0 amide bonds. The number of hydrogen-bond acceptors (Lipinski definition) is 2. The van der Waals surface area contributed by atoms with E-state index in [1.165, 1.54) is 13.2 Å². The predicted molar refractivity (Wildman–Crippen MR) is 50.0 cm³/mol. The highest BCUT2D eigenvalue weighted by molar-refractivity contribution is 6.30. The van der Waals surface area contributed by atoms with Crippen molar-refractivity contribution in [3.05, 3.63) is 34.1 Å². The van der Waals surface area contributed by atoms with Crippen LogP contribution in [0.4, 0.5) is 4.39 Å². The van der Waals surface area contributed by atoms with Crippen molar-refractivity contribution in [2.45, 2.75) is 13.5 Å². The first-order chi connectivity index (χ1) is 6.15. The molecule has 0 saturated carbocycles. The van der Waals surface area contributed by atoms with E-state index in [0.717, 1.165) is 11.1 Å². The molecular weight excluding hydrogens is 193 g/mol. The van der Waals surface area contributed by atoms with E-state index in [0.29, 0.717) is 6.54 Å². The van der Waals surface area contributed by atoms with Crippen molar-refractivity contribution in [1.29, 1.82) is 0 Å². The Bertz CT molecular complexity index is 304. The molecular formula is C9H11ClFNO. The average molecular weight is 204 g/mol. The quantitative estimate of drug-likeness (QED) is 0.762. The average Bonchev–Trinajstić information content (AvgIpc) is 2.09. The number of hydrogen-bond donors (Lipinski definition) is 1. The zero-order valence-corrected chi connectivity index (χ0v) is 8.28. The molecule has 1 rings (SSSR count). The third kappa shape index (κ3) is 2.66. The maximum atomic E-state index is 12.9. The van der Waals surface area contributed by atoms with Gasteiger partial charge in [-0.3, -0.25) is 0 Å². The van der Waals surface area contributed by atoms with Crippen LogP contribution in [0.1, 0.15) is 11.1 Å². The molecule has 0 radical (unpaired) electrons. The van der Waals surface area contributed by atoms with Crippen LogP contribution in [-0.4, -0.2) is 7.11 Å². The summed E-state index contributed by atoms with van der Waals surface area (Å²) in [5, 5.41) is 0.138. The summed E-state index contributed by atoms with van der Waals surface area (Å²) in [6.07, 6.45) is 0. The van der Waals surface area contributed by atoms with Gasteiger partial charge in [0.2, 0.25) is 0 Å². The molecule has 0 aromatic heterocycles. The minimum atomic E-state index is -0.389. The molecule has 0 aliphatic heterocycles. The van der Waals surface area contributed by atoms with Crippen LogP contribution >= 0.6 is 11.6 Å². The highest BCUT2D eigenvalue weighted by Crippen LogP contribution is 2.19. The highest BCUT2D eigenvalue weighted by Gasteiger charge is 2.04. The van der Waals surface area contributed by atoms with Crippen molar-refractivity contribution in [1.82, 2.24) is 5.48 Å². The molecule has 0 heterocycles. The molecule has 4 heteroatoms. The van der Waals surface area contributed by atoms with Crippen LogP contribution in [0.15, 0.2) is 12.1 Å². The Morgan fingerprint density at radius 1 is 1.54 bits per heavy atom. The van der Waals surface area contributed by atoms with Crippen LogP contribution in [0.3, 0.4) is 0 Å². The van der Waals surface area contributed by atoms with Crippen LogP contribution in [-0.2, 0) is 11.4 Å². The summed E-state index contributed by atoms with van der Waals surface area (Å²) >= 11 is 5.62. The summed E-state index contributed by atoms with van der Waals surface area (Å²) in [5.74, 6) is -0.389. The van der Waals surface area contributed by atoms with Gasteiger partial charge >= 0.3 is 0 Å². The lowest BCUT2D eigenvalue weighted by Crippen LogP contribution is -2.11. The fourth-order valence-corrected chi connectivity index (χ4v) is 1.21. The fraction of sp³-hybridized carbons (Fsp3) is 0.333. The van der Waals surface area contributed by atoms with Gasteiger partial charge in [-0.1, -0.05) is 11.6 Å². The minimum Gasteiger partial charge on any atom is -0.305 e. The molecule has 2 nitrogen and oxygen atoms in total. The van der Waals surface area contributed by atoms with Gasteiger partial charge in [-0.25, -0.2) is 4.39 Å². The Balaban J connectivity index is 2.88. The number of hydroxylamine groups is 1. The van der Waals surface area contributed by atoms with E-state index < -0.39 is 0 Å². The van der Waals surface area contributed by atoms with Crippen molar-refractivity contribution in [2.24, 2.45) is 0 Å². The van der Waals surface area contributed by atoms with E-state index in [-0.39, 0.29) is 10.8 Å². The van der Waals surface area contributed by atoms with Gasteiger partial charge in [0.25, 0.3) is 0 Å². The van der Waals surface area contributed by atoms with E-state index in [9.17, 15) is 4.39 Å². The molecule has 0 unspecified atom stereocenters. The molecule has 0 atom stereocenters. The molecule has 13 heavy (non-hydrogen) atoms. The maximum Gasteiger partial charge on any atom is 0.142 e. The van der Waals surface area contributed by atoms with Gasteiger partial charge in [0.15, 0.2) is 0 Å². The molecule has 0 aliphatic rings. The Labute approximate surface area is 81.6 Å². The largest absolute Gasteiger partial charge is 0.305 e. The molecule has 0 fully saturated rings. The second-order valence-corrected chi connectivity index (χ2v) is 3.13. The Hall–Kier alpha value is -0.640. The lowest BCUT2D eigenvalue weighted by Gasteiger charge is -2.07. The van der Waals surface area contributed by atoms with Gasteiger partial charge in [-0.15, -0.1) is 0 Å². The monoisotopic (exact) mass is 203 g/mol. The number of aryl methyl sites for hydroxylation is 1. The number of benzene rings is 1. The zero-order valence-electron chi connectivity index (χ0n) is 7.53. The third-order valence-electron chi connectivity index (χ3n) is 1.79. The van der Waals surface area contributed by atoms with Gasteiger partial charge in [-0.2, -0.15) is 5.48 Å². The summed E-state index contributed by atoms with van der Waals surface area (Å²) < 4.78 is 12.9. The van der Waals surface area contributed by atoms with Crippen LogP contribution in [0, 0.1) is 12.7 Å². The van der Waals surface area contributed by atoms with Crippen LogP contribution in [0.5, 0.6) is 0 Å². The molecule has 0 bridgehead atoms. The van der Waals surface area contributed by atoms with Crippen LogP contribution in [0.2, 0.25) is 5.02 Å². The lowest BCUT2D eigenvalue weighted by atomic mass is 10.1. The first-order valence-electron chi connectivity index (χ1n) is 3.85. The number of rotatable bonds is 3. The Kier molecular flexibility index (Phi) is 3.66. The van der Waals surface area contributed by atoms with Crippen molar-refractivity contribution in [2.75, 3.05) is 7.11 Å². The smallest absolute Gasteiger partial charge is 0.142 e. The first-order valence-corrected chi connectivity index (χ1v) is 4.23. The predicted octanol–water partition coefficient (Wildman–Crippen LogP) is 2.44. The molecule has 0 aliphatic carbocycles. The second kappa shape index (κ2) is 4.56. The standard InChI is InChI=1S/C9H11ClFNO/c1-6-3-9(11)8(10)4-7(6)5-12-13-2/h3-4,12H,5H2,1-2H3. The van der Waals surface area contributed by atoms with Crippen LogP contribution < -0.4 is 5.48 Å². The van der Waals surface area contributed by atoms with Gasteiger partial charge in [-0.05, 0) is 30.2 Å². The number of nitrogens with one attached hydrogen (secondary N) is 1. The topological polar surface area (TPSA) is 21.3 Å². The second-order valence-electron chi connectivity index (χ2n) is 2.72. The third-order valence-corrected chi connectivity index (χ3v) is 2.08. The van der Waals surface area contributed by atoms with Crippen LogP contribution in [0.25, 0.3) is 0 Å². The minimum absolute atomic E-state index is 0.138. The van der Waals surface area contributed by atoms with E-state index in [2.05, 4.69) is 10.3 Å². The van der Waals surface area contributed by atoms with E-state index in [1.54, 1.807) is 6.07 Å². The molecule has 0 spiro atoms.